The van der Waals surface area contributed by atoms with Crippen molar-refractivity contribution in [3.63, 3.8) is 0 Å². The van der Waals surface area contributed by atoms with Gasteiger partial charge in [-0.1, -0.05) is 18.2 Å². The van der Waals surface area contributed by atoms with Crippen LogP contribution in [-0.4, -0.2) is 24.5 Å². The molecule has 3 aromatic heterocycles. The third-order valence-corrected chi connectivity index (χ3v) is 3.96. The summed E-state index contributed by atoms with van der Waals surface area (Å²) >= 11 is 0. The Labute approximate surface area is 134 Å². The van der Waals surface area contributed by atoms with Crippen molar-refractivity contribution in [2.75, 3.05) is 0 Å². The number of para-hydroxylation sites is 1. The van der Waals surface area contributed by atoms with E-state index in [2.05, 4.69) is 54.8 Å². The molecule has 3 heterocycles. The Kier molecular flexibility index (Phi) is 3.68. The van der Waals surface area contributed by atoms with Gasteiger partial charge in [-0.25, -0.2) is 9.97 Å². The predicted molar refractivity (Wildman–Crippen MR) is 89.8 cm³/mol. The Morgan fingerprint density at radius 3 is 2.87 bits per heavy atom. The van der Waals surface area contributed by atoms with E-state index >= 15 is 0 Å². The average Bonchev–Trinajstić information content (AvgIpc) is 3.27. The summed E-state index contributed by atoms with van der Waals surface area (Å²) in [5.41, 5.74) is 2.41. The number of aromatic amines is 2. The van der Waals surface area contributed by atoms with Crippen LogP contribution in [0.4, 0.5) is 0 Å². The van der Waals surface area contributed by atoms with Crippen LogP contribution in [0.15, 0.2) is 61.4 Å². The van der Waals surface area contributed by atoms with Gasteiger partial charge in [0.2, 0.25) is 0 Å². The number of hydrogen-bond donors (Lipinski definition) is 2. The van der Waals surface area contributed by atoms with E-state index in [-0.39, 0.29) is 0 Å². The Balaban J connectivity index is 1.56. The number of fused-ring (bicyclic) bond motifs is 1. The number of nitrogens with one attached hydrogen (secondary N) is 2. The smallest absolute Gasteiger partial charge is 0.106 e. The summed E-state index contributed by atoms with van der Waals surface area (Å²) in [4.78, 5) is 15.2. The number of rotatable bonds is 6. The molecule has 0 atom stereocenters. The summed E-state index contributed by atoms with van der Waals surface area (Å²) in [6, 6.07) is 10.6. The van der Waals surface area contributed by atoms with Crippen molar-refractivity contribution in [3.8, 4) is 0 Å². The molecule has 0 saturated heterocycles. The van der Waals surface area contributed by atoms with Crippen LogP contribution in [0.3, 0.4) is 0 Å². The molecule has 4 aromatic rings. The highest BCUT2D eigenvalue weighted by Crippen LogP contribution is 2.21. The van der Waals surface area contributed by atoms with Crippen LogP contribution in [0.1, 0.15) is 11.5 Å². The van der Waals surface area contributed by atoms with Crippen molar-refractivity contribution in [1.82, 2.24) is 24.5 Å². The van der Waals surface area contributed by atoms with Crippen molar-refractivity contribution in [3.05, 3.63) is 78.9 Å². The molecule has 1 aromatic carbocycles. The Morgan fingerprint density at radius 1 is 1.13 bits per heavy atom. The van der Waals surface area contributed by atoms with Crippen molar-refractivity contribution < 1.29 is 0 Å². The normalized spacial score (nSPS) is 11.5. The summed E-state index contributed by atoms with van der Waals surface area (Å²) < 4.78 is 2.10. The fourth-order valence-corrected chi connectivity index (χ4v) is 2.94. The number of benzene rings is 1. The molecular formula is C18H18N5. The minimum absolute atomic E-state index is 0.834. The van der Waals surface area contributed by atoms with Gasteiger partial charge in [0.25, 0.3) is 0 Å². The molecule has 1 radical (unpaired) electrons. The molecule has 4 rings (SSSR count). The maximum atomic E-state index is 4.36. The summed E-state index contributed by atoms with van der Waals surface area (Å²) in [5, 5.41) is 1.25. The van der Waals surface area contributed by atoms with Gasteiger partial charge in [0, 0.05) is 54.9 Å². The monoisotopic (exact) mass is 304 g/mol. The maximum absolute atomic E-state index is 4.36. The van der Waals surface area contributed by atoms with Crippen LogP contribution >= 0.6 is 0 Å². The number of H-pyrrole nitrogens is 2. The van der Waals surface area contributed by atoms with Gasteiger partial charge >= 0.3 is 0 Å². The zero-order valence-corrected chi connectivity index (χ0v) is 12.7. The highest BCUT2D eigenvalue weighted by molar-refractivity contribution is 5.80. The molecule has 0 aliphatic carbocycles. The predicted octanol–water partition coefficient (Wildman–Crippen LogP) is 3.15. The second-order valence-electron chi connectivity index (χ2n) is 5.76. The molecule has 5 heteroatoms. The van der Waals surface area contributed by atoms with Gasteiger partial charge in [-0.2, -0.15) is 0 Å². The average molecular weight is 304 g/mol. The SMILES string of the molecule is c1ccc2[nH]c(C[C](Cc3ncc[nH]3)Cn3ccnc3)cc2c1. The van der Waals surface area contributed by atoms with Crippen molar-refractivity contribution >= 4 is 10.9 Å². The quantitative estimate of drug-likeness (QED) is 0.575. The lowest BCUT2D eigenvalue weighted by Crippen LogP contribution is -2.14. The summed E-state index contributed by atoms with van der Waals surface area (Å²) in [6.45, 7) is 0.843. The number of hydrogen-bond acceptors (Lipinski definition) is 2. The van der Waals surface area contributed by atoms with Gasteiger partial charge in [-0.3, -0.25) is 0 Å². The van der Waals surface area contributed by atoms with Crippen LogP contribution in [0.2, 0.25) is 0 Å². The van der Waals surface area contributed by atoms with Gasteiger partial charge < -0.3 is 14.5 Å². The molecule has 0 fully saturated rings. The van der Waals surface area contributed by atoms with Crippen LogP contribution in [0, 0.1) is 5.92 Å². The lowest BCUT2D eigenvalue weighted by atomic mass is 9.98. The molecule has 23 heavy (non-hydrogen) atoms. The second kappa shape index (κ2) is 6.12. The fourth-order valence-electron chi connectivity index (χ4n) is 2.94. The molecule has 0 amide bonds. The molecule has 0 aliphatic rings. The lowest BCUT2D eigenvalue weighted by Gasteiger charge is -2.15. The van der Waals surface area contributed by atoms with Crippen LogP contribution in [0.5, 0.6) is 0 Å². The summed E-state index contributed by atoms with van der Waals surface area (Å²) in [5.74, 6) is 2.38. The van der Waals surface area contributed by atoms with Crippen molar-refractivity contribution in [2.24, 2.45) is 0 Å². The second-order valence-corrected chi connectivity index (χ2v) is 5.76. The van der Waals surface area contributed by atoms with Gasteiger partial charge in [0.05, 0.1) is 6.33 Å². The van der Waals surface area contributed by atoms with E-state index in [4.69, 9.17) is 0 Å². The van der Waals surface area contributed by atoms with Gasteiger partial charge in [0.1, 0.15) is 5.82 Å². The molecule has 115 valence electrons. The van der Waals surface area contributed by atoms with Crippen LogP contribution in [0.25, 0.3) is 10.9 Å². The van der Waals surface area contributed by atoms with E-state index < -0.39 is 0 Å². The number of aromatic nitrogens is 5. The lowest BCUT2D eigenvalue weighted by molar-refractivity contribution is 0.635. The summed E-state index contributed by atoms with van der Waals surface area (Å²) in [6.07, 6.45) is 11.1. The molecule has 0 unspecified atom stereocenters. The number of imidazole rings is 2. The van der Waals surface area contributed by atoms with E-state index in [1.807, 2.05) is 24.9 Å². The first-order chi connectivity index (χ1) is 11.4. The zero-order valence-electron chi connectivity index (χ0n) is 12.7. The molecule has 0 aliphatic heterocycles. The standard InChI is InChI=1S/C18H18N5/c1-2-4-17-15(3-1)11-16(22-17)9-14(10-18-20-5-6-21-18)12-23-8-7-19-13-23/h1-8,11,13,22H,9-10,12H2,(H,20,21). The number of nitrogens with zero attached hydrogens (tertiary/aromatic N) is 3. The first kappa shape index (κ1) is 13.8. The maximum Gasteiger partial charge on any atom is 0.106 e. The first-order valence-corrected chi connectivity index (χ1v) is 7.71. The molecule has 0 saturated carbocycles. The molecule has 5 nitrogen and oxygen atoms in total. The van der Waals surface area contributed by atoms with E-state index in [1.165, 1.54) is 22.5 Å². The van der Waals surface area contributed by atoms with Gasteiger partial charge in [-0.05, 0) is 23.9 Å². The van der Waals surface area contributed by atoms with Crippen LogP contribution in [-0.2, 0) is 19.4 Å². The van der Waals surface area contributed by atoms with Crippen LogP contribution < -0.4 is 0 Å². The summed E-state index contributed by atoms with van der Waals surface area (Å²) in [7, 11) is 0. The highest BCUT2D eigenvalue weighted by atomic mass is 15.0. The minimum Gasteiger partial charge on any atom is -0.358 e. The Hall–Kier alpha value is -2.82. The van der Waals surface area contributed by atoms with Gasteiger partial charge in [0.15, 0.2) is 0 Å². The third-order valence-electron chi connectivity index (χ3n) is 3.96. The molecular weight excluding hydrogens is 286 g/mol. The van der Waals surface area contributed by atoms with E-state index in [1.54, 1.807) is 6.20 Å². The van der Waals surface area contributed by atoms with Crippen molar-refractivity contribution in [2.45, 2.75) is 19.4 Å². The molecule has 0 spiro atoms. The highest BCUT2D eigenvalue weighted by Gasteiger charge is 2.15. The minimum atomic E-state index is 0.834. The largest absolute Gasteiger partial charge is 0.358 e. The van der Waals surface area contributed by atoms with E-state index in [0.29, 0.717) is 0 Å². The molecule has 0 bridgehead atoms. The Morgan fingerprint density at radius 2 is 2.09 bits per heavy atom. The fraction of sp³-hybridized carbons (Fsp3) is 0.167. The topological polar surface area (TPSA) is 62.3 Å². The van der Waals surface area contributed by atoms with Gasteiger partial charge in [-0.15, -0.1) is 0 Å². The first-order valence-electron chi connectivity index (χ1n) is 7.71. The Bertz CT molecular complexity index is 789. The molecule has 2 N–H and O–H groups in total. The third kappa shape index (κ3) is 3.18. The van der Waals surface area contributed by atoms with Crippen molar-refractivity contribution in [1.29, 1.82) is 0 Å². The zero-order chi connectivity index (χ0) is 15.5. The van der Waals surface area contributed by atoms with E-state index in [9.17, 15) is 0 Å². The van der Waals surface area contributed by atoms with E-state index in [0.717, 1.165) is 25.2 Å².